The lowest BCUT2D eigenvalue weighted by Crippen LogP contribution is -2.27. The summed E-state index contributed by atoms with van der Waals surface area (Å²) < 4.78 is 9.28. The van der Waals surface area contributed by atoms with Gasteiger partial charge in [-0.15, -0.1) is 0 Å². The van der Waals surface area contributed by atoms with Crippen molar-refractivity contribution in [3.8, 4) is 17.3 Å². The van der Waals surface area contributed by atoms with Gasteiger partial charge in [0.15, 0.2) is 0 Å². The summed E-state index contributed by atoms with van der Waals surface area (Å²) >= 11 is 0. The Morgan fingerprint density at radius 2 is 0.940 bits per heavy atom. The van der Waals surface area contributed by atoms with E-state index < -0.39 is 0 Å². The fourth-order valence-electron chi connectivity index (χ4n) is 9.46. The topological polar surface area (TPSA) is 33.5 Å². The van der Waals surface area contributed by atoms with Crippen molar-refractivity contribution in [2.75, 3.05) is 16.5 Å². The van der Waals surface area contributed by atoms with Gasteiger partial charge in [-0.2, -0.15) is 0 Å². The summed E-state index contributed by atoms with van der Waals surface area (Å²) in [6, 6.07) is 53.5. The van der Waals surface area contributed by atoms with E-state index in [0.29, 0.717) is 6.67 Å². The van der Waals surface area contributed by atoms with E-state index in [1.165, 1.54) is 55.4 Å². The smallest absolute Gasteiger partial charge is 0.137 e. The molecule has 0 unspecified atom stereocenters. The SMILES string of the molecule is CC(C)(C)c1cc(Oc2ccc3c4cc(C(C)(C)C)ccc4n(-c4cc(C(C)(C)C)ccn4)c3c2)cc(N2C=CN(c3cc(C(C)(C)c4ccccc4)cc(C(C)(C)c4ccccc4)c3)C2)c1. The van der Waals surface area contributed by atoms with Crippen molar-refractivity contribution in [1.82, 2.24) is 9.55 Å². The van der Waals surface area contributed by atoms with Gasteiger partial charge in [0.1, 0.15) is 17.3 Å². The number of benzene rings is 6. The summed E-state index contributed by atoms with van der Waals surface area (Å²) in [5.41, 5.74) is 12.8. The molecule has 6 aromatic carbocycles. The molecule has 0 atom stereocenters. The number of rotatable bonds is 9. The van der Waals surface area contributed by atoms with Crippen LogP contribution >= 0.6 is 0 Å². The molecule has 0 fully saturated rings. The van der Waals surface area contributed by atoms with Crippen LogP contribution in [0.3, 0.4) is 0 Å². The Hall–Kier alpha value is -6.59. The molecule has 9 rings (SSSR count). The molecule has 8 aromatic rings. The van der Waals surface area contributed by atoms with Gasteiger partial charge in [-0.1, -0.05) is 163 Å². The third-order valence-electron chi connectivity index (χ3n) is 14.2. The van der Waals surface area contributed by atoms with E-state index >= 15 is 0 Å². The largest absolute Gasteiger partial charge is 0.457 e. The van der Waals surface area contributed by atoms with E-state index in [1.807, 2.05) is 6.20 Å². The van der Waals surface area contributed by atoms with E-state index in [4.69, 9.17) is 9.72 Å². The van der Waals surface area contributed by atoms with Crippen molar-refractivity contribution in [3.05, 3.63) is 203 Å². The summed E-state index contributed by atoms with van der Waals surface area (Å²) in [4.78, 5) is 9.68. The molecule has 0 bridgehead atoms. The molecule has 5 nitrogen and oxygen atoms in total. The molecule has 3 heterocycles. The number of fused-ring (bicyclic) bond motifs is 3. The summed E-state index contributed by atoms with van der Waals surface area (Å²) in [6.07, 6.45) is 6.37. The van der Waals surface area contributed by atoms with E-state index in [9.17, 15) is 0 Å². The standard InChI is InChI=1S/C62H68N4O/c1-58(2,3)44-24-27-55-54(37-44)53-26-25-51(40-56(53)66(55)57-38-45(28-29-63-57)59(4,5)6)67-52-36-46(60(7,8)9)33-50(39-52)65-31-30-64(41-65)49-34-47(61(10,11)42-20-16-14-17-21-42)32-48(35-49)62(12,13)43-22-18-15-19-23-43/h14-40H,41H2,1-13H3. The lowest BCUT2D eigenvalue weighted by Gasteiger charge is -2.33. The molecule has 342 valence electrons. The van der Waals surface area contributed by atoms with Gasteiger partial charge in [-0.25, -0.2) is 4.98 Å². The zero-order valence-corrected chi connectivity index (χ0v) is 42.0. The predicted octanol–water partition coefficient (Wildman–Crippen LogP) is 16.3. The quantitative estimate of drug-likeness (QED) is 0.145. The van der Waals surface area contributed by atoms with Gasteiger partial charge in [0.05, 0.1) is 17.7 Å². The molecule has 2 aromatic heterocycles. The molecular weight excluding hydrogens is 817 g/mol. The number of anilines is 2. The van der Waals surface area contributed by atoms with Gasteiger partial charge in [-0.05, 0) is 116 Å². The first-order valence-corrected chi connectivity index (χ1v) is 24.0. The van der Waals surface area contributed by atoms with Crippen LogP contribution in [-0.4, -0.2) is 16.2 Å². The second kappa shape index (κ2) is 16.6. The van der Waals surface area contributed by atoms with Crippen molar-refractivity contribution in [1.29, 1.82) is 0 Å². The predicted molar refractivity (Wildman–Crippen MR) is 284 cm³/mol. The molecule has 0 radical (unpaired) electrons. The van der Waals surface area contributed by atoms with Gasteiger partial charge >= 0.3 is 0 Å². The molecule has 1 aliphatic rings. The average molecular weight is 885 g/mol. The molecular formula is C62H68N4O. The van der Waals surface area contributed by atoms with Crippen LogP contribution in [0.15, 0.2) is 164 Å². The molecule has 0 spiro atoms. The van der Waals surface area contributed by atoms with Crippen LogP contribution in [0.1, 0.15) is 129 Å². The van der Waals surface area contributed by atoms with Crippen molar-refractivity contribution in [2.24, 2.45) is 0 Å². The molecule has 0 N–H and O–H groups in total. The lowest BCUT2D eigenvalue weighted by atomic mass is 9.73. The highest BCUT2D eigenvalue weighted by Crippen LogP contribution is 2.43. The van der Waals surface area contributed by atoms with Crippen molar-refractivity contribution < 1.29 is 4.74 Å². The van der Waals surface area contributed by atoms with Crippen LogP contribution in [0.2, 0.25) is 0 Å². The maximum absolute atomic E-state index is 6.97. The number of aromatic nitrogens is 2. The highest BCUT2D eigenvalue weighted by Gasteiger charge is 2.31. The van der Waals surface area contributed by atoms with Crippen molar-refractivity contribution in [2.45, 2.75) is 117 Å². The summed E-state index contributed by atoms with van der Waals surface area (Å²) in [6.45, 7) is 30.4. The minimum absolute atomic E-state index is 0.0128. The second-order valence-corrected chi connectivity index (χ2v) is 22.8. The Morgan fingerprint density at radius 3 is 1.51 bits per heavy atom. The van der Waals surface area contributed by atoms with E-state index in [2.05, 4.69) is 262 Å². The maximum atomic E-state index is 6.97. The molecule has 0 saturated heterocycles. The number of hydrogen-bond donors (Lipinski definition) is 0. The maximum Gasteiger partial charge on any atom is 0.137 e. The van der Waals surface area contributed by atoms with Crippen LogP contribution in [0.4, 0.5) is 11.4 Å². The highest BCUT2D eigenvalue weighted by atomic mass is 16.5. The van der Waals surface area contributed by atoms with Gasteiger partial charge in [0, 0.05) is 63.7 Å². The van der Waals surface area contributed by atoms with Crippen LogP contribution in [0.25, 0.3) is 27.6 Å². The summed E-state index contributed by atoms with van der Waals surface area (Å²) in [5, 5.41) is 2.39. The van der Waals surface area contributed by atoms with Crippen LogP contribution in [-0.2, 0) is 27.1 Å². The zero-order chi connectivity index (χ0) is 47.7. The fraction of sp³-hybridized carbons (Fsp3) is 0.306. The molecule has 0 aliphatic carbocycles. The first-order chi connectivity index (χ1) is 31.6. The van der Waals surface area contributed by atoms with Gasteiger partial charge in [-0.3, -0.25) is 4.57 Å². The Kier molecular flexibility index (Phi) is 11.3. The first-order valence-electron chi connectivity index (χ1n) is 24.0. The lowest BCUT2D eigenvalue weighted by molar-refractivity contribution is 0.479. The number of pyridine rings is 1. The average Bonchev–Trinajstić information content (AvgIpc) is 3.92. The van der Waals surface area contributed by atoms with Crippen LogP contribution in [0.5, 0.6) is 11.5 Å². The molecule has 1 aliphatic heterocycles. The molecule has 0 amide bonds. The monoisotopic (exact) mass is 885 g/mol. The third-order valence-corrected chi connectivity index (χ3v) is 14.2. The minimum atomic E-state index is -0.213. The molecule has 5 heteroatoms. The molecule has 67 heavy (non-hydrogen) atoms. The number of hydrogen-bond acceptors (Lipinski definition) is 4. The van der Waals surface area contributed by atoms with E-state index in [-0.39, 0.29) is 27.1 Å². The van der Waals surface area contributed by atoms with Crippen molar-refractivity contribution in [3.63, 3.8) is 0 Å². The Morgan fingerprint density at radius 1 is 0.403 bits per heavy atom. The van der Waals surface area contributed by atoms with Gasteiger partial charge in [0.25, 0.3) is 0 Å². The van der Waals surface area contributed by atoms with Crippen LogP contribution < -0.4 is 14.5 Å². The summed E-state index contributed by atoms with van der Waals surface area (Å²) in [5.74, 6) is 2.49. The highest BCUT2D eigenvalue weighted by molar-refractivity contribution is 6.09. The minimum Gasteiger partial charge on any atom is -0.457 e. The van der Waals surface area contributed by atoms with Crippen molar-refractivity contribution >= 4 is 33.2 Å². The number of ether oxygens (including phenoxy) is 1. The van der Waals surface area contributed by atoms with Crippen LogP contribution in [0, 0.1) is 0 Å². The fourth-order valence-corrected chi connectivity index (χ4v) is 9.46. The second-order valence-electron chi connectivity index (χ2n) is 22.8. The number of nitrogens with zero attached hydrogens (tertiary/aromatic N) is 4. The zero-order valence-electron chi connectivity index (χ0n) is 42.0. The first kappa shape index (κ1) is 45.6. The Bertz CT molecular complexity index is 3060. The van der Waals surface area contributed by atoms with E-state index in [0.717, 1.165) is 34.0 Å². The normalized spacial score (nSPS) is 13.9. The Labute approximate surface area is 399 Å². The Balaban J connectivity index is 1.09. The van der Waals surface area contributed by atoms with E-state index in [1.54, 1.807) is 0 Å². The summed E-state index contributed by atoms with van der Waals surface area (Å²) in [7, 11) is 0. The van der Waals surface area contributed by atoms with Gasteiger partial charge < -0.3 is 14.5 Å². The third kappa shape index (κ3) is 8.89. The van der Waals surface area contributed by atoms with Gasteiger partial charge in [0.2, 0.25) is 0 Å². The molecule has 0 saturated carbocycles.